The van der Waals surface area contributed by atoms with Crippen LogP contribution in [0.5, 0.6) is 0 Å². The van der Waals surface area contributed by atoms with E-state index in [1.54, 1.807) is 54.6 Å². The number of nitrogens with one attached hydrogen (secondary N) is 2. The molecule has 8 heteroatoms. The summed E-state index contributed by atoms with van der Waals surface area (Å²) >= 11 is 0. The Labute approximate surface area is 171 Å². The first-order valence-electron chi connectivity index (χ1n) is 9.21. The molecule has 0 spiro atoms. The number of anilines is 2. The second-order valence-corrected chi connectivity index (χ2v) is 6.68. The number of rotatable bonds is 5. The number of fused-ring (bicyclic) bond motifs is 1. The van der Waals surface area contributed by atoms with Crippen molar-refractivity contribution in [3.05, 3.63) is 88.9 Å². The lowest BCUT2D eigenvalue weighted by atomic mass is 10.2. The molecule has 0 aliphatic rings. The Morgan fingerprint density at radius 2 is 1.77 bits per heavy atom. The number of furan rings is 1. The van der Waals surface area contributed by atoms with Crippen LogP contribution in [0.15, 0.2) is 76.2 Å². The zero-order valence-electron chi connectivity index (χ0n) is 16.1. The summed E-state index contributed by atoms with van der Waals surface area (Å²) in [6.45, 7) is 1.56. The maximum Gasteiger partial charge on any atom is 0.291 e. The van der Waals surface area contributed by atoms with Gasteiger partial charge in [-0.2, -0.15) is 0 Å². The SMILES string of the molecule is CC(=O)Nc1cccc(NC(=O)c2ccc(Cn3cnc4ccccc4c3=O)o2)c1. The van der Waals surface area contributed by atoms with E-state index in [9.17, 15) is 14.4 Å². The van der Waals surface area contributed by atoms with Gasteiger partial charge in [-0.25, -0.2) is 4.98 Å². The third kappa shape index (κ3) is 4.12. The molecule has 2 N–H and O–H groups in total. The van der Waals surface area contributed by atoms with Crippen molar-refractivity contribution in [2.45, 2.75) is 13.5 Å². The number of hydrogen-bond donors (Lipinski definition) is 2. The molecular weight excluding hydrogens is 384 g/mol. The highest BCUT2D eigenvalue weighted by Gasteiger charge is 2.13. The van der Waals surface area contributed by atoms with Gasteiger partial charge in [0, 0.05) is 18.3 Å². The van der Waals surface area contributed by atoms with Gasteiger partial charge in [0.05, 0.1) is 23.8 Å². The van der Waals surface area contributed by atoms with E-state index in [2.05, 4.69) is 15.6 Å². The number of carbonyl (C=O) groups excluding carboxylic acids is 2. The summed E-state index contributed by atoms with van der Waals surface area (Å²) in [5, 5.41) is 5.89. The highest BCUT2D eigenvalue weighted by Crippen LogP contribution is 2.17. The van der Waals surface area contributed by atoms with E-state index >= 15 is 0 Å². The fourth-order valence-corrected chi connectivity index (χ4v) is 3.04. The molecule has 0 unspecified atom stereocenters. The van der Waals surface area contributed by atoms with Crippen molar-refractivity contribution in [2.75, 3.05) is 10.6 Å². The highest BCUT2D eigenvalue weighted by atomic mass is 16.4. The molecule has 2 heterocycles. The second-order valence-electron chi connectivity index (χ2n) is 6.68. The molecule has 8 nitrogen and oxygen atoms in total. The molecule has 2 aromatic carbocycles. The second kappa shape index (κ2) is 8.04. The van der Waals surface area contributed by atoms with Gasteiger partial charge in [-0.15, -0.1) is 0 Å². The highest BCUT2D eigenvalue weighted by molar-refractivity contribution is 6.02. The van der Waals surface area contributed by atoms with Gasteiger partial charge >= 0.3 is 0 Å². The Morgan fingerprint density at radius 3 is 2.57 bits per heavy atom. The molecule has 0 fully saturated rings. The Hall–Kier alpha value is -4.20. The summed E-state index contributed by atoms with van der Waals surface area (Å²) in [5.41, 5.74) is 1.53. The molecule has 0 atom stereocenters. The van der Waals surface area contributed by atoms with Crippen LogP contribution in [-0.2, 0) is 11.3 Å². The molecule has 30 heavy (non-hydrogen) atoms. The predicted molar refractivity (Wildman–Crippen MR) is 113 cm³/mol. The Bertz CT molecular complexity index is 1310. The summed E-state index contributed by atoms with van der Waals surface area (Å²) in [6, 6.07) is 17.1. The van der Waals surface area contributed by atoms with Gasteiger partial charge in [-0.05, 0) is 42.5 Å². The van der Waals surface area contributed by atoms with Crippen LogP contribution in [0, 0.1) is 0 Å². The zero-order valence-corrected chi connectivity index (χ0v) is 16.1. The van der Waals surface area contributed by atoms with E-state index in [4.69, 9.17) is 4.42 Å². The monoisotopic (exact) mass is 402 g/mol. The number of amides is 2. The van der Waals surface area contributed by atoms with Crippen LogP contribution in [0.25, 0.3) is 10.9 Å². The topological polar surface area (TPSA) is 106 Å². The average molecular weight is 402 g/mol. The molecule has 0 bridgehead atoms. The molecule has 0 aliphatic carbocycles. The summed E-state index contributed by atoms with van der Waals surface area (Å²) in [6.07, 6.45) is 1.46. The third-order valence-electron chi connectivity index (χ3n) is 4.38. The van der Waals surface area contributed by atoms with Crippen molar-refractivity contribution in [1.82, 2.24) is 9.55 Å². The van der Waals surface area contributed by atoms with Crippen LogP contribution in [-0.4, -0.2) is 21.4 Å². The molecule has 4 rings (SSSR count). The van der Waals surface area contributed by atoms with Gasteiger partial charge in [0.15, 0.2) is 5.76 Å². The van der Waals surface area contributed by atoms with Crippen molar-refractivity contribution >= 4 is 34.1 Å². The van der Waals surface area contributed by atoms with E-state index in [-0.39, 0.29) is 23.8 Å². The molecule has 0 saturated carbocycles. The Kier molecular flexibility index (Phi) is 5.13. The molecule has 2 aromatic heterocycles. The molecule has 4 aromatic rings. The molecule has 150 valence electrons. The van der Waals surface area contributed by atoms with Gasteiger partial charge in [0.2, 0.25) is 5.91 Å². The fourth-order valence-electron chi connectivity index (χ4n) is 3.04. The summed E-state index contributed by atoms with van der Waals surface area (Å²) in [4.78, 5) is 40.5. The van der Waals surface area contributed by atoms with Crippen LogP contribution >= 0.6 is 0 Å². The van der Waals surface area contributed by atoms with Crippen LogP contribution in [0.2, 0.25) is 0 Å². The smallest absolute Gasteiger partial charge is 0.291 e. The van der Waals surface area contributed by atoms with E-state index in [1.165, 1.54) is 17.8 Å². The summed E-state index contributed by atoms with van der Waals surface area (Å²) in [5.74, 6) is -0.0826. The van der Waals surface area contributed by atoms with Crippen molar-refractivity contribution in [1.29, 1.82) is 0 Å². The number of nitrogens with zero attached hydrogens (tertiary/aromatic N) is 2. The fraction of sp³-hybridized carbons (Fsp3) is 0.0909. The Morgan fingerprint density at radius 1 is 1.00 bits per heavy atom. The minimum atomic E-state index is -0.440. The number of para-hydroxylation sites is 1. The number of aromatic nitrogens is 2. The van der Waals surface area contributed by atoms with Crippen molar-refractivity contribution in [2.24, 2.45) is 0 Å². The minimum Gasteiger partial charge on any atom is -0.454 e. The van der Waals surface area contributed by atoms with Gasteiger partial charge < -0.3 is 15.1 Å². The number of benzene rings is 2. The summed E-state index contributed by atoms with van der Waals surface area (Å²) in [7, 11) is 0. The van der Waals surface area contributed by atoms with E-state index < -0.39 is 5.91 Å². The lowest BCUT2D eigenvalue weighted by Crippen LogP contribution is -2.20. The largest absolute Gasteiger partial charge is 0.454 e. The number of hydrogen-bond acceptors (Lipinski definition) is 5. The first-order valence-corrected chi connectivity index (χ1v) is 9.21. The number of carbonyl (C=O) groups is 2. The summed E-state index contributed by atoms with van der Waals surface area (Å²) < 4.78 is 7.04. The molecule has 2 amide bonds. The van der Waals surface area contributed by atoms with Crippen molar-refractivity contribution in [3.63, 3.8) is 0 Å². The molecule has 0 radical (unpaired) electrons. The predicted octanol–water partition coefficient (Wildman–Crippen LogP) is 3.25. The first kappa shape index (κ1) is 19.1. The van der Waals surface area contributed by atoms with E-state index in [0.717, 1.165) is 0 Å². The molecule has 0 aliphatic heterocycles. The third-order valence-corrected chi connectivity index (χ3v) is 4.38. The quantitative estimate of drug-likeness (QED) is 0.533. The normalized spacial score (nSPS) is 10.7. The average Bonchev–Trinajstić information content (AvgIpc) is 3.19. The minimum absolute atomic E-state index is 0.108. The van der Waals surface area contributed by atoms with Gasteiger partial charge in [0.25, 0.3) is 11.5 Å². The van der Waals surface area contributed by atoms with Gasteiger partial charge in [-0.3, -0.25) is 19.0 Å². The van der Waals surface area contributed by atoms with Crippen molar-refractivity contribution < 1.29 is 14.0 Å². The Balaban J connectivity index is 1.49. The van der Waals surface area contributed by atoms with Crippen molar-refractivity contribution in [3.8, 4) is 0 Å². The lowest BCUT2D eigenvalue weighted by Gasteiger charge is -2.07. The van der Waals surface area contributed by atoms with E-state index in [0.29, 0.717) is 28.0 Å². The van der Waals surface area contributed by atoms with Gasteiger partial charge in [0.1, 0.15) is 5.76 Å². The van der Waals surface area contributed by atoms with Crippen LogP contribution in [0.3, 0.4) is 0 Å². The van der Waals surface area contributed by atoms with Gasteiger partial charge in [-0.1, -0.05) is 18.2 Å². The van der Waals surface area contributed by atoms with E-state index in [1.807, 2.05) is 6.07 Å². The van der Waals surface area contributed by atoms with Crippen LogP contribution < -0.4 is 16.2 Å². The molecule has 0 saturated heterocycles. The van der Waals surface area contributed by atoms with Crippen LogP contribution in [0.4, 0.5) is 11.4 Å². The zero-order chi connectivity index (χ0) is 21.1. The lowest BCUT2D eigenvalue weighted by molar-refractivity contribution is -0.114. The molecular formula is C22H18N4O4. The van der Waals surface area contributed by atoms with Crippen LogP contribution in [0.1, 0.15) is 23.2 Å². The standard InChI is InChI=1S/C22H18N4O4/c1-14(27)24-15-5-4-6-16(11-15)25-21(28)20-10-9-17(30-20)12-26-13-23-19-8-3-2-7-18(19)22(26)29/h2-11,13H,12H2,1H3,(H,24,27)(H,25,28). The maximum atomic E-state index is 12.6. The maximum absolute atomic E-state index is 12.6. The first-order chi connectivity index (χ1) is 14.5.